The van der Waals surface area contributed by atoms with Gasteiger partial charge in [-0.2, -0.15) is 0 Å². The van der Waals surface area contributed by atoms with E-state index in [0.717, 1.165) is 5.57 Å². The molecule has 0 unspecified atom stereocenters. The van der Waals surface area contributed by atoms with Gasteiger partial charge in [0.2, 0.25) is 0 Å². The molecular weight excluding hydrogens is 152 g/mol. The summed E-state index contributed by atoms with van der Waals surface area (Å²) in [6.45, 7) is 9.60. The van der Waals surface area contributed by atoms with Gasteiger partial charge in [-0.25, -0.2) is 4.79 Å². The molecule has 1 fully saturated rings. The molecule has 0 bridgehead atoms. The van der Waals surface area contributed by atoms with E-state index < -0.39 is 0 Å². The number of cyclic esters (lactones) is 1. The largest absolute Gasteiger partial charge is 0.454 e. The topological polar surface area (TPSA) is 26.3 Å². The number of ether oxygens (including phenoxy) is 1. The van der Waals surface area contributed by atoms with E-state index in [1.807, 2.05) is 26.8 Å². The molecule has 1 aliphatic rings. The average molecular weight is 166 g/mol. The number of hydrogen-bond acceptors (Lipinski definition) is 2. The molecule has 0 aromatic rings. The number of carbonyl (C=O) groups is 1. The molecular formula is C10H14O2. The molecule has 66 valence electrons. The predicted octanol–water partition coefficient (Wildman–Crippen LogP) is 2.07. The zero-order valence-electron chi connectivity index (χ0n) is 7.76. The van der Waals surface area contributed by atoms with Crippen LogP contribution in [0.1, 0.15) is 20.8 Å². The van der Waals surface area contributed by atoms with Crippen LogP contribution in [0.25, 0.3) is 0 Å². The Hall–Kier alpha value is -1.05. The predicted molar refractivity (Wildman–Crippen MR) is 47.6 cm³/mol. The lowest BCUT2D eigenvalue weighted by Gasteiger charge is -2.08. The van der Waals surface area contributed by atoms with Crippen LogP contribution in [0, 0.1) is 5.92 Å². The molecule has 0 aromatic carbocycles. The third kappa shape index (κ3) is 1.58. The Balaban J connectivity index is 2.78. The maximum atomic E-state index is 11.0. The first-order valence-corrected chi connectivity index (χ1v) is 4.07. The SMILES string of the molecule is C=C1C(=O)O[C@@H](C=C(C)C)[C@@H]1C. The molecule has 0 aromatic heterocycles. The lowest BCUT2D eigenvalue weighted by molar-refractivity contribution is -0.137. The molecule has 1 aliphatic heterocycles. The fraction of sp³-hybridized carbons (Fsp3) is 0.500. The summed E-state index contributed by atoms with van der Waals surface area (Å²) >= 11 is 0. The van der Waals surface area contributed by atoms with E-state index in [9.17, 15) is 4.79 Å². The van der Waals surface area contributed by atoms with Gasteiger partial charge >= 0.3 is 5.97 Å². The van der Waals surface area contributed by atoms with Gasteiger partial charge in [0.05, 0.1) is 0 Å². The van der Waals surface area contributed by atoms with E-state index in [1.165, 1.54) is 0 Å². The normalized spacial score (nSPS) is 28.6. The molecule has 12 heavy (non-hydrogen) atoms. The fourth-order valence-corrected chi connectivity index (χ4v) is 1.19. The van der Waals surface area contributed by atoms with Gasteiger partial charge in [-0.3, -0.25) is 0 Å². The second kappa shape index (κ2) is 3.13. The Morgan fingerprint density at radius 3 is 2.50 bits per heavy atom. The van der Waals surface area contributed by atoms with E-state index in [1.54, 1.807) is 0 Å². The van der Waals surface area contributed by atoms with Gasteiger partial charge in [-0.05, 0) is 19.9 Å². The molecule has 0 aliphatic carbocycles. The first-order valence-electron chi connectivity index (χ1n) is 4.07. The van der Waals surface area contributed by atoms with Crippen molar-refractivity contribution in [1.29, 1.82) is 0 Å². The highest BCUT2D eigenvalue weighted by Crippen LogP contribution is 2.27. The molecule has 2 heteroatoms. The molecule has 0 saturated carbocycles. The Kier molecular flexibility index (Phi) is 2.36. The summed E-state index contributed by atoms with van der Waals surface area (Å²) in [4.78, 5) is 11.0. The second-order valence-electron chi connectivity index (χ2n) is 3.43. The van der Waals surface area contributed by atoms with Crippen LogP contribution in [0.2, 0.25) is 0 Å². The smallest absolute Gasteiger partial charge is 0.334 e. The van der Waals surface area contributed by atoms with Crippen LogP contribution in [0.5, 0.6) is 0 Å². The summed E-state index contributed by atoms with van der Waals surface area (Å²) < 4.78 is 5.08. The van der Waals surface area contributed by atoms with Gasteiger partial charge in [0, 0.05) is 11.5 Å². The quantitative estimate of drug-likeness (QED) is 0.338. The lowest BCUT2D eigenvalue weighted by Crippen LogP contribution is -2.10. The highest BCUT2D eigenvalue weighted by Gasteiger charge is 2.33. The number of allylic oxidation sites excluding steroid dienone is 1. The minimum atomic E-state index is -0.259. The van der Waals surface area contributed by atoms with Crippen molar-refractivity contribution in [3.8, 4) is 0 Å². The Morgan fingerprint density at radius 1 is 1.58 bits per heavy atom. The first-order chi connectivity index (χ1) is 5.52. The second-order valence-corrected chi connectivity index (χ2v) is 3.43. The summed E-state index contributed by atoms with van der Waals surface area (Å²) in [7, 11) is 0. The zero-order chi connectivity index (χ0) is 9.30. The van der Waals surface area contributed by atoms with Gasteiger partial charge in [-0.1, -0.05) is 19.1 Å². The highest BCUT2D eigenvalue weighted by molar-refractivity contribution is 5.90. The molecule has 0 amide bonds. The third-order valence-electron chi connectivity index (χ3n) is 2.05. The zero-order valence-corrected chi connectivity index (χ0v) is 7.76. The van der Waals surface area contributed by atoms with Crippen molar-refractivity contribution in [2.75, 3.05) is 0 Å². The summed E-state index contributed by atoms with van der Waals surface area (Å²) in [5.74, 6) is -0.141. The van der Waals surface area contributed by atoms with E-state index in [4.69, 9.17) is 4.74 Å². The van der Waals surface area contributed by atoms with Crippen molar-refractivity contribution in [2.45, 2.75) is 26.9 Å². The molecule has 2 nitrogen and oxygen atoms in total. The van der Waals surface area contributed by atoms with Crippen molar-refractivity contribution in [1.82, 2.24) is 0 Å². The van der Waals surface area contributed by atoms with E-state index >= 15 is 0 Å². The van der Waals surface area contributed by atoms with Gasteiger partial charge in [0.15, 0.2) is 0 Å². The van der Waals surface area contributed by atoms with Crippen molar-refractivity contribution in [3.05, 3.63) is 23.8 Å². The maximum absolute atomic E-state index is 11.0. The molecule has 0 N–H and O–H groups in total. The minimum absolute atomic E-state index is 0.102. The maximum Gasteiger partial charge on any atom is 0.334 e. The van der Waals surface area contributed by atoms with E-state index in [-0.39, 0.29) is 18.0 Å². The summed E-state index contributed by atoms with van der Waals surface area (Å²) in [6, 6.07) is 0. The van der Waals surface area contributed by atoms with Crippen molar-refractivity contribution in [3.63, 3.8) is 0 Å². The number of esters is 1. The van der Waals surface area contributed by atoms with Crippen LogP contribution in [-0.4, -0.2) is 12.1 Å². The number of hydrogen-bond donors (Lipinski definition) is 0. The fourth-order valence-electron chi connectivity index (χ4n) is 1.19. The monoisotopic (exact) mass is 166 g/mol. The molecule has 1 saturated heterocycles. The average Bonchev–Trinajstić information content (AvgIpc) is 2.17. The molecule has 0 spiro atoms. The molecule has 0 radical (unpaired) electrons. The highest BCUT2D eigenvalue weighted by atomic mass is 16.5. The molecule has 1 heterocycles. The number of carbonyl (C=O) groups excluding carboxylic acids is 1. The Morgan fingerprint density at radius 2 is 2.17 bits per heavy atom. The standard InChI is InChI=1S/C10H14O2/c1-6(2)5-9-7(3)8(4)10(11)12-9/h5,7,9H,4H2,1-3H3/t7-,9+/m1/s1. The van der Waals surface area contributed by atoms with Gasteiger partial charge < -0.3 is 4.74 Å². The summed E-state index contributed by atoms with van der Waals surface area (Å²) in [6.07, 6.45) is 1.86. The van der Waals surface area contributed by atoms with Gasteiger partial charge in [0.1, 0.15) is 6.10 Å². The Bertz CT molecular complexity index is 247. The van der Waals surface area contributed by atoms with Crippen LogP contribution in [0.15, 0.2) is 23.8 Å². The molecule has 2 atom stereocenters. The van der Waals surface area contributed by atoms with Crippen LogP contribution >= 0.6 is 0 Å². The van der Waals surface area contributed by atoms with Crippen LogP contribution < -0.4 is 0 Å². The van der Waals surface area contributed by atoms with Gasteiger partial charge in [-0.15, -0.1) is 0 Å². The Labute approximate surface area is 72.9 Å². The summed E-state index contributed by atoms with van der Waals surface area (Å²) in [5, 5.41) is 0. The van der Waals surface area contributed by atoms with Crippen LogP contribution in [-0.2, 0) is 9.53 Å². The third-order valence-corrected chi connectivity index (χ3v) is 2.05. The van der Waals surface area contributed by atoms with Crippen LogP contribution in [0.4, 0.5) is 0 Å². The van der Waals surface area contributed by atoms with Crippen LogP contribution in [0.3, 0.4) is 0 Å². The first kappa shape index (κ1) is 9.04. The molecule has 1 rings (SSSR count). The van der Waals surface area contributed by atoms with Crippen molar-refractivity contribution >= 4 is 5.97 Å². The lowest BCUT2D eigenvalue weighted by atomic mass is 9.98. The number of rotatable bonds is 1. The van der Waals surface area contributed by atoms with Gasteiger partial charge in [0.25, 0.3) is 0 Å². The van der Waals surface area contributed by atoms with E-state index in [2.05, 4.69) is 6.58 Å². The summed E-state index contributed by atoms with van der Waals surface area (Å²) in [5.41, 5.74) is 1.74. The van der Waals surface area contributed by atoms with E-state index in [0.29, 0.717) is 5.57 Å². The van der Waals surface area contributed by atoms with Crippen molar-refractivity contribution in [2.24, 2.45) is 5.92 Å². The van der Waals surface area contributed by atoms with Crippen molar-refractivity contribution < 1.29 is 9.53 Å². The minimum Gasteiger partial charge on any atom is -0.454 e.